The molecule has 0 spiro atoms. The van der Waals surface area contributed by atoms with E-state index in [9.17, 15) is 4.79 Å². The predicted octanol–water partition coefficient (Wildman–Crippen LogP) is 3.74. The zero-order valence-electron chi connectivity index (χ0n) is 11.3. The number of rotatable bonds is 6. The number of nitrogens with zero attached hydrogens (tertiary/aromatic N) is 1. The van der Waals surface area contributed by atoms with E-state index in [-0.39, 0.29) is 11.3 Å². The highest BCUT2D eigenvalue weighted by molar-refractivity contribution is 8.00. The molecule has 2 rings (SSSR count). The zero-order chi connectivity index (χ0) is 13.7. The normalized spacial score (nSPS) is 19.2. The molecule has 0 N–H and O–H groups in total. The summed E-state index contributed by atoms with van der Waals surface area (Å²) in [6.07, 6.45) is 2.08. The molecule has 1 aliphatic heterocycles. The van der Waals surface area contributed by atoms with Crippen molar-refractivity contribution in [3.8, 4) is 0 Å². The Balaban J connectivity index is 2.08. The molecule has 0 radical (unpaired) electrons. The van der Waals surface area contributed by atoms with Gasteiger partial charge in [0.1, 0.15) is 5.37 Å². The third kappa shape index (κ3) is 3.86. The van der Waals surface area contributed by atoms with E-state index in [1.54, 1.807) is 23.5 Å². The highest BCUT2D eigenvalue weighted by atomic mass is 32.2. The first-order valence-electron chi connectivity index (χ1n) is 6.39. The number of thioether (sulfide) groups is 3. The van der Waals surface area contributed by atoms with Gasteiger partial charge in [-0.3, -0.25) is 4.79 Å². The monoisotopic (exact) mass is 313 g/mol. The van der Waals surface area contributed by atoms with Crippen molar-refractivity contribution in [2.24, 2.45) is 0 Å². The molecule has 5 heteroatoms. The summed E-state index contributed by atoms with van der Waals surface area (Å²) in [5, 5.41) is 0.209. The van der Waals surface area contributed by atoms with Gasteiger partial charge in [0.15, 0.2) is 0 Å². The average Bonchev–Trinajstić information content (AvgIpc) is 2.79. The van der Waals surface area contributed by atoms with Gasteiger partial charge in [0.25, 0.3) is 0 Å². The number of benzene rings is 1. The second-order valence-electron chi connectivity index (χ2n) is 4.25. The first-order valence-corrected chi connectivity index (χ1v) is 9.82. The largest absolute Gasteiger partial charge is 0.325 e. The Morgan fingerprint density at radius 1 is 1.37 bits per heavy atom. The minimum absolute atomic E-state index is 0.209. The molecule has 1 amide bonds. The predicted molar refractivity (Wildman–Crippen MR) is 88.1 cm³/mol. The van der Waals surface area contributed by atoms with Crippen LogP contribution in [0.2, 0.25) is 0 Å². The maximum atomic E-state index is 11.9. The molecular weight excluding hydrogens is 294 g/mol. The fourth-order valence-corrected chi connectivity index (χ4v) is 4.32. The van der Waals surface area contributed by atoms with Crippen LogP contribution in [0.15, 0.2) is 29.2 Å². The van der Waals surface area contributed by atoms with Crippen molar-refractivity contribution in [1.82, 2.24) is 4.90 Å². The molecule has 1 atom stereocenters. The summed E-state index contributed by atoms with van der Waals surface area (Å²) in [5.41, 5.74) is 1.25. The van der Waals surface area contributed by atoms with Gasteiger partial charge in [-0.2, -0.15) is 11.8 Å². The quantitative estimate of drug-likeness (QED) is 0.745. The molecule has 1 aliphatic rings. The van der Waals surface area contributed by atoms with Crippen LogP contribution < -0.4 is 0 Å². The Labute approximate surface area is 128 Å². The third-order valence-corrected chi connectivity index (χ3v) is 5.72. The number of carbonyl (C=O) groups is 1. The summed E-state index contributed by atoms with van der Waals surface area (Å²) in [5.74, 6) is 2.99. The molecule has 104 valence electrons. The fourth-order valence-electron chi connectivity index (χ4n) is 2.06. The summed E-state index contributed by atoms with van der Waals surface area (Å²) in [7, 11) is 0. The number of amides is 1. The lowest BCUT2D eigenvalue weighted by atomic mass is 10.2. The van der Waals surface area contributed by atoms with Gasteiger partial charge in [0.05, 0.1) is 5.75 Å². The summed E-state index contributed by atoms with van der Waals surface area (Å²) >= 11 is 5.38. The minimum atomic E-state index is 0.209. The van der Waals surface area contributed by atoms with E-state index >= 15 is 0 Å². The van der Waals surface area contributed by atoms with Crippen LogP contribution in [0.1, 0.15) is 17.9 Å². The molecule has 19 heavy (non-hydrogen) atoms. The maximum Gasteiger partial charge on any atom is 0.233 e. The van der Waals surface area contributed by atoms with Crippen molar-refractivity contribution in [1.29, 1.82) is 0 Å². The maximum absolute atomic E-state index is 11.9. The third-order valence-electron chi connectivity index (χ3n) is 2.98. The van der Waals surface area contributed by atoms with Crippen LogP contribution in [0, 0.1) is 0 Å². The van der Waals surface area contributed by atoms with E-state index in [0.29, 0.717) is 5.75 Å². The van der Waals surface area contributed by atoms with Gasteiger partial charge >= 0.3 is 0 Å². The SMILES string of the molecule is CCSc1ccc(C2SCC(=O)N2CCSC)cc1. The molecular formula is C14H19NOS3. The molecule has 1 aromatic rings. The second kappa shape index (κ2) is 7.50. The van der Waals surface area contributed by atoms with Crippen molar-refractivity contribution in [2.75, 3.05) is 30.1 Å². The highest BCUT2D eigenvalue weighted by Crippen LogP contribution is 2.38. The molecule has 0 aromatic heterocycles. The van der Waals surface area contributed by atoms with Crippen molar-refractivity contribution in [3.63, 3.8) is 0 Å². The molecule has 0 aliphatic carbocycles. The number of carbonyl (C=O) groups excluding carboxylic acids is 1. The second-order valence-corrected chi connectivity index (χ2v) is 7.64. The van der Waals surface area contributed by atoms with Gasteiger partial charge < -0.3 is 4.90 Å². The molecule has 1 heterocycles. The molecule has 1 fully saturated rings. The summed E-state index contributed by atoms with van der Waals surface area (Å²) in [6.45, 7) is 3.01. The zero-order valence-corrected chi connectivity index (χ0v) is 13.7. The molecule has 0 saturated carbocycles. The van der Waals surface area contributed by atoms with Crippen LogP contribution in [-0.2, 0) is 4.79 Å². The van der Waals surface area contributed by atoms with Gasteiger partial charge in [0, 0.05) is 17.2 Å². The van der Waals surface area contributed by atoms with Crippen molar-refractivity contribution in [3.05, 3.63) is 29.8 Å². The van der Waals surface area contributed by atoms with Gasteiger partial charge in [-0.25, -0.2) is 0 Å². The summed E-state index contributed by atoms with van der Waals surface area (Å²) in [4.78, 5) is 15.2. The van der Waals surface area contributed by atoms with E-state index in [2.05, 4.69) is 37.4 Å². The lowest BCUT2D eigenvalue weighted by Crippen LogP contribution is -2.30. The molecule has 1 aromatic carbocycles. The van der Waals surface area contributed by atoms with E-state index in [1.807, 2.05) is 16.7 Å². The number of hydrogen-bond acceptors (Lipinski definition) is 4. The molecule has 2 nitrogen and oxygen atoms in total. The first kappa shape index (κ1) is 15.1. The Morgan fingerprint density at radius 3 is 2.74 bits per heavy atom. The first-order chi connectivity index (χ1) is 9.26. The van der Waals surface area contributed by atoms with Crippen molar-refractivity contribution < 1.29 is 4.79 Å². The van der Waals surface area contributed by atoms with Crippen molar-refractivity contribution in [2.45, 2.75) is 17.2 Å². The summed E-state index contributed by atoms with van der Waals surface area (Å²) in [6, 6.07) is 8.67. The van der Waals surface area contributed by atoms with Crippen LogP contribution in [0.25, 0.3) is 0 Å². The van der Waals surface area contributed by atoms with E-state index in [0.717, 1.165) is 18.1 Å². The lowest BCUT2D eigenvalue weighted by Gasteiger charge is -2.24. The minimum Gasteiger partial charge on any atom is -0.325 e. The molecule has 1 unspecified atom stereocenters. The van der Waals surface area contributed by atoms with Crippen LogP contribution in [0.4, 0.5) is 0 Å². The Hall–Kier alpha value is -0.260. The fraction of sp³-hybridized carbons (Fsp3) is 0.500. The highest BCUT2D eigenvalue weighted by Gasteiger charge is 2.32. The van der Waals surface area contributed by atoms with Gasteiger partial charge in [-0.05, 0) is 29.7 Å². The lowest BCUT2D eigenvalue weighted by molar-refractivity contribution is -0.127. The van der Waals surface area contributed by atoms with Crippen molar-refractivity contribution >= 4 is 41.2 Å². The van der Waals surface area contributed by atoms with Gasteiger partial charge in [-0.1, -0.05) is 19.1 Å². The summed E-state index contributed by atoms with van der Waals surface area (Å²) < 4.78 is 0. The van der Waals surface area contributed by atoms with Crippen LogP contribution in [0.3, 0.4) is 0 Å². The van der Waals surface area contributed by atoms with E-state index < -0.39 is 0 Å². The van der Waals surface area contributed by atoms with E-state index in [1.165, 1.54) is 10.5 Å². The Kier molecular flexibility index (Phi) is 5.98. The van der Waals surface area contributed by atoms with Gasteiger partial charge in [-0.15, -0.1) is 23.5 Å². The van der Waals surface area contributed by atoms with E-state index in [4.69, 9.17) is 0 Å². The molecule has 0 bridgehead atoms. The standard InChI is InChI=1S/C14H19NOS3/c1-3-18-12-6-4-11(5-7-12)14-15(8-9-17-2)13(16)10-19-14/h4-7,14H,3,8-10H2,1-2H3. The Bertz CT molecular complexity index is 421. The topological polar surface area (TPSA) is 20.3 Å². The number of hydrogen-bond donors (Lipinski definition) is 0. The Morgan fingerprint density at radius 2 is 2.11 bits per heavy atom. The molecule has 1 saturated heterocycles. The average molecular weight is 314 g/mol. The van der Waals surface area contributed by atoms with Crippen LogP contribution in [0.5, 0.6) is 0 Å². The van der Waals surface area contributed by atoms with Gasteiger partial charge in [0.2, 0.25) is 5.91 Å². The van der Waals surface area contributed by atoms with Crippen LogP contribution >= 0.6 is 35.3 Å². The smallest absolute Gasteiger partial charge is 0.233 e. The van der Waals surface area contributed by atoms with Crippen LogP contribution in [-0.4, -0.2) is 40.9 Å².